The van der Waals surface area contributed by atoms with E-state index < -0.39 is 48.1 Å². The Morgan fingerprint density at radius 1 is 0.656 bits per heavy atom. The van der Waals surface area contributed by atoms with E-state index in [1.54, 1.807) is 57.9 Å². The molecule has 0 fully saturated rings. The standard InChI is InChI=1S/C17H19N7O6.C16H17N7O6.2ClH/c1-12(20-21-14-4-2-3-6-22(14)7-5-15(25)26)19-18-10-13(16(27)28)23-8-9-24(11-23)17(29)30;24-14(25)4-6-21-5-2-1-3-13(21)20-19-10-18-17-9-12(15(26)27)22-7-8-23(11-22)16(28)29;;/h2-4,6,8-9,11,13H,5,7,10H2,1H3,(H2-,25,26,27,28,29,30);1-3,5,7-8,10-12H,4,6,9H2,(H2-,24,25,26,27,28,29);2*1H. The molecule has 28 heteroatoms. The van der Waals surface area contributed by atoms with E-state index in [9.17, 15) is 39.0 Å². The Hall–Kier alpha value is -7.74. The van der Waals surface area contributed by atoms with Crippen LogP contribution >= 0.6 is 0 Å². The molecule has 0 radical (unpaired) electrons. The summed E-state index contributed by atoms with van der Waals surface area (Å²) in [4.78, 5) is 66.0. The summed E-state index contributed by atoms with van der Waals surface area (Å²) >= 11 is 0. The first-order chi connectivity index (χ1) is 28.2. The Kier molecular flexibility index (Phi) is 22.1. The molecule has 4 heterocycles. The summed E-state index contributed by atoms with van der Waals surface area (Å²) in [5, 5.41) is 84.4. The van der Waals surface area contributed by atoms with E-state index in [1.165, 1.54) is 40.8 Å². The monoisotopic (exact) mass is 892 g/mol. The van der Waals surface area contributed by atoms with Crippen molar-refractivity contribution in [2.24, 2.45) is 40.9 Å². The minimum Gasteiger partial charge on any atom is -1.00 e. The van der Waals surface area contributed by atoms with Gasteiger partial charge in [0.05, 0.1) is 12.8 Å². The van der Waals surface area contributed by atoms with Gasteiger partial charge in [0.15, 0.2) is 23.1 Å². The number of carbonyl (C=O) groups is 6. The van der Waals surface area contributed by atoms with Crippen molar-refractivity contribution < 1.29 is 93.4 Å². The number of halogens is 2. The lowest BCUT2D eigenvalue weighted by molar-refractivity contribution is -0.707. The fourth-order valence-corrected chi connectivity index (χ4v) is 4.49. The van der Waals surface area contributed by atoms with E-state index in [4.69, 9.17) is 20.4 Å². The van der Waals surface area contributed by atoms with E-state index in [0.29, 0.717) is 11.0 Å². The lowest BCUT2D eigenvalue weighted by Gasteiger charge is -2.04. The molecule has 0 aliphatic carbocycles. The molecule has 0 aliphatic rings. The summed E-state index contributed by atoms with van der Waals surface area (Å²) in [6.07, 6.45) is 8.98. The van der Waals surface area contributed by atoms with Crippen molar-refractivity contribution in [3.63, 3.8) is 0 Å². The van der Waals surface area contributed by atoms with Crippen molar-refractivity contribution in [1.82, 2.24) is 18.3 Å². The third-order valence-corrected chi connectivity index (χ3v) is 7.38. The first kappa shape index (κ1) is 51.3. The largest absolute Gasteiger partial charge is 1.00 e. The Morgan fingerprint density at radius 3 is 1.54 bits per heavy atom. The summed E-state index contributed by atoms with van der Waals surface area (Å²) in [5.41, 5.74) is 0.830. The average molecular weight is 894 g/mol. The highest BCUT2D eigenvalue weighted by Gasteiger charge is 2.27. The molecule has 0 bridgehead atoms. The van der Waals surface area contributed by atoms with Crippen LogP contribution in [0.2, 0.25) is 0 Å². The van der Waals surface area contributed by atoms with Crippen LogP contribution in [0, 0.1) is 0 Å². The van der Waals surface area contributed by atoms with Crippen LogP contribution in [0.5, 0.6) is 0 Å². The number of hydrogen-bond acceptors (Lipinski definition) is 12. The maximum Gasteiger partial charge on any atom is 0.509 e. The van der Waals surface area contributed by atoms with E-state index in [0.717, 1.165) is 28.1 Å². The zero-order valence-electron chi connectivity index (χ0n) is 31.7. The van der Waals surface area contributed by atoms with Crippen LogP contribution in [0.1, 0.15) is 31.8 Å². The third-order valence-electron chi connectivity index (χ3n) is 7.38. The summed E-state index contributed by atoms with van der Waals surface area (Å²) in [7, 11) is 0. The molecule has 4 aromatic rings. The first-order valence-electron chi connectivity index (χ1n) is 16.9. The number of carboxylic acids is 4. The minimum atomic E-state index is -1.25. The number of amidine groups is 1. The maximum absolute atomic E-state index is 11.4. The van der Waals surface area contributed by atoms with Gasteiger partial charge in [0.25, 0.3) is 12.7 Å². The predicted molar refractivity (Wildman–Crippen MR) is 195 cm³/mol. The Balaban J connectivity index is 0.000000591. The fraction of sp³-hybridized carbons (Fsp3) is 0.273. The van der Waals surface area contributed by atoms with Crippen molar-refractivity contribution in [2.45, 2.75) is 44.9 Å². The lowest BCUT2D eigenvalue weighted by Crippen LogP contribution is -3.00. The smallest absolute Gasteiger partial charge is 0.509 e. The lowest BCUT2D eigenvalue weighted by atomic mass is 10.3. The number of azo groups is 2. The van der Waals surface area contributed by atoms with Crippen molar-refractivity contribution in [3.05, 3.63) is 97.2 Å². The normalized spacial score (nSPS) is 12.9. The van der Waals surface area contributed by atoms with Crippen LogP contribution in [-0.4, -0.2) is 110 Å². The van der Waals surface area contributed by atoms with Crippen molar-refractivity contribution in [2.75, 3.05) is 13.1 Å². The molecule has 2 atom stereocenters. The van der Waals surface area contributed by atoms with Crippen LogP contribution < -0.4 is 44.9 Å². The van der Waals surface area contributed by atoms with Gasteiger partial charge in [-0.1, -0.05) is 12.1 Å². The molecule has 2 unspecified atom stereocenters. The number of pyridine rings is 2. The molecule has 326 valence electrons. The van der Waals surface area contributed by atoms with Crippen molar-refractivity contribution in [1.29, 1.82) is 0 Å². The summed E-state index contributed by atoms with van der Waals surface area (Å²) in [6, 6.07) is 7.90. The maximum atomic E-state index is 11.4. The van der Waals surface area contributed by atoms with Gasteiger partial charge in [0.2, 0.25) is 12.1 Å². The number of hydrogen-bond donors (Lipinski definition) is 6. The highest BCUT2D eigenvalue weighted by molar-refractivity contribution is 5.79. The van der Waals surface area contributed by atoms with E-state index in [2.05, 4.69) is 40.9 Å². The quantitative estimate of drug-likeness (QED) is 0.0191. The molecular weight excluding hydrogens is 855 g/mol. The van der Waals surface area contributed by atoms with Crippen LogP contribution in [-0.2, 0) is 32.3 Å². The number of aliphatic carboxylic acids is 4. The second kappa shape index (κ2) is 26.3. The first-order valence-corrected chi connectivity index (χ1v) is 16.9. The number of imidazole rings is 2. The molecule has 26 nitrogen and oxygen atoms in total. The van der Waals surface area contributed by atoms with E-state index in [-0.39, 0.29) is 69.7 Å². The molecule has 0 saturated heterocycles. The van der Waals surface area contributed by atoms with E-state index in [1.807, 2.05) is 0 Å². The molecule has 4 rings (SSSR count). The molecule has 6 N–H and O–H groups in total. The molecule has 0 spiro atoms. The summed E-state index contributed by atoms with van der Waals surface area (Å²) in [6.45, 7) is 1.46. The van der Waals surface area contributed by atoms with Crippen LogP contribution in [0.3, 0.4) is 0 Å². The van der Waals surface area contributed by atoms with Crippen LogP contribution in [0.15, 0.2) is 127 Å². The highest BCUT2D eigenvalue weighted by atomic mass is 35.5. The molecule has 0 amide bonds. The fourth-order valence-electron chi connectivity index (χ4n) is 4.49. The topological polar surface area (TPSA) is 350 Å². The number of carboxylic acid groups (broad SMARTS) is 6. The second-order valence-electron chi connectivity index (χ2n) is 11.5. The summed E-state index contributed by atoms with van der Waals surface area (Å²) < 4.78 is 7.23. The van der Waals surface area contributed by atoms with Gasteiger partial charge in [-0.15, -0.1) is 39.8 Å². The molecule has 0 aliphatic heterocycles. The van der Waals surface area contributed by atoms with Gasteiger partial charge in [-0.3, -0.25) is 9.59 Å². The Labute approximate surface area is 355 Å². The zero-order chi connectivity index (χ0) is 43.3. The van der Waals surface area contributed by atoms with E-state index >= 15 is 0 Å². The molecule has 4 aromatic heterocycles. The molecule has 0 aromatic carbocycles. The van der Waals surface area contributed by atoms with Crippen LogP contribution in [0.4, 0.5) is 9.59 Å². The van der Waals surface area contributed by atoms with Gasteiger partial charge in [-0.2, -0.15) is 19.8 Å². The van der Waals surface area contributed by atoms with Gasteiger partial charge in [-0.25, -0.2) is 18.7 Å². The van der Waals surface area contributed by atoms with Gasteiger partial charge in [0.1, 0.15) is 37.9 Å². The minimum absolute atomic E-state index is 0. The Bertz CT molecular complexity index is 2400. The second-order valence-corrected chi connectivity index (χ2v) is 11.5. The molecule has 0 saturated carbocycles. The zero-order valence-corrected chi connectivity index (χ0v) is 33.2. The number of nitrogens with zero attached hydrogens (tertiary/aromatic N) is 14. The molecule has 61 heavy (non-hydrogen) atoms. The van der Waals surface area contributed by atoms with Crippen molar-refractivity contribution in [3.8, 4) is 0 Å². The van der Waals surface area contributed by atoms with Gasteiger partial charge in [-0.05, 0) is 31.2 Å². The van der Waals surface area contributed by atoms with Crippen molar-refractivity contribution >= 4 is 48.2 Å². The number of rotatable bonds is 17. The SMILES string of the molecule is CC(N=NCC(C(=O)O)[n+]1ccn(C(=O)O)c1)=NN=c1ccccn1CCC(=O)O.O=C(O)CCn1ccccc1=NN=CN=NCC(C(=O)O)[n+]1ccn(C(=O)O)c1.[Cl-].[Cl-]. The Morgan fingerprint density at radius 2 is 1.11 bits per heavy atom. The van der Waals surface area contributed by atoms with Gasteiger partial charge >= 0.3 is 36.1 Å². The number of aromatic nitrogens is 6. The average Bonchev–Trinajstić information content (AvgIpc) is 3.89. The summed E-state index contributed by atoms with van der Waals surface area (Å²) in [5.74, 6) is -4.13. The number of aryl methyl sites for hydroxylation is 2. The molecular formula is C33H38Cl2N14O12. The van der Waals surface area contributed by atoms with Gasteiger partial charge < -0.3 is 64.6 Å². The third kappa shape index (κ3) is 17.7. The van der Waals surface area contributed by atoms with Crippen LogP contribution in [0.25, 0.3) is 0 Å². The predicted octanol–water partition coefficient (Wildman–Crippen LogP) is -5.20. The highest BCUT2D eigenvalue weighted by Crippen LogP contribution is 2.01. The van der Waals surface area contributed by atoms with Gasteiger partial charge in [0, 0.05) is 25.5 Å².